The third-order valence-corrected chi connectivity index (χ3v) is 5.99. The van der Waals surface area contributed by atoms with Crippen LogP contribution in [0.15, 0.2) is 64.6 Å². The van der Waals surface area contributed by atoms with E-state index in [2.05, 4.69) is 21.2 Å². The number of non-ortho nitro benzene ring substituents is 1. The quantitative estimate of drug-likeness (QED) is 0.148. The van der Waals surface area contributed by atoms with E-state index in [4.69, 9.17) is 21.1 Å². The minimum Gasteiger partial charge on any atom is -0.493 e. The summed E-state index contributed by atoms with van der Waals surface area (Å²) in [6.07, 6.45) is 1.42. The molecule has 178 valence electrons. The Morgan fingerprint density at radius 1 is 1.23 bits per heavy atom. The van der Waals surface area contributed by atoms with Gasteiger partial charge in [-0.25, -0.2) is 0 Å². The van der Waals surface area contributed by atoms with Crippen molar-refractivity contribution in [1.29, 1.82) is 5.26 Å². The number of nitrogens with zero attached hydrogens (tertiary/aromatic N) is 2. The van der Waals surface area contributed by atoms with Gasteiger partial charge in [0.15, 0.2) is 11.5 Å². The molecule has 0 spiro atoms. The van der Waals surface area contributed by atoms with Gasteiger partial charge in [0.2, 0.25) is 0 Å². The molecule has 3 aromatic rings. The number of nitriles is 1. The van der Waals surface area contributed by atoms with Crippen molar-refractivity contribution in [1.82, 2.24) is 0 Å². The number of hydrogen-bond donors (Lipinski definition) is 1. The van der Waals surface area contributed by atoms with E-state index in [0.29, 0.717) is 37.8 Å². The maximum absolute atomic E-state index is 12.6. The topological polar surface area (TPSA) is 114 Å². The summed E-state index contributed by atoms with van der Waals surface area (Å²) in [5.41, 5.74) is 2.29. The molecule has 0 aliphatic carbocycles. The van der Waals surface area contributed by atoms with Crippen LogP contribution in [0.2, 0.25) is 5.02 Å². The molecular weight excluding hydrogens is 538 g/mol. The third-order valence-electron chi connectivity index (χ3n) is 4.89. The molecule has 0 aromatic heterocycles. The summed E-state index contributed by atoms with van der Waals surface area (Å²) in [4.78, 5) is 23.2. The summed E-state index contributed by atoms with van der Waals surface area (Å²) >= 11 is 9.53. The second kappa shape index (κ2) is 11.5. The highest BCUT2D eigenvalue weighted by Crippen LogP contribution is 2.35. The fourth-order valence-corrected chi connectivity index (χ4v) is 3.65. The van der Waals surface area contributed by atoms with Gasteiger partial charge < -0.3 is 14.8 Å². The van der Waals surface area contributed by atoms with Crippen molar-refractivity contribution < 1.29 is 19.2 Å². The molecule has 1 N–H and O–H groups in total. The molecule has 0 radical (unpaired) electrons. The average molecular weight is 557 g/mol. The van der Waals surface area contributed by atoms with Crippen molar-refractivity contribution in [3.8, 4) is 17.6 Å². The molecular formula is C25H19BrClN3O5. The summed E-state index contributed by atoms with van der Waals surface area (Å²) in [6.45, 7) is 1.92. The molecule has 0 saturated carbocycles. The van der Waals surface area contributed by atoms with Gasteiger partial charge in [0.1, 0.15) is 18.2 Å². The molecule has 0 aliphatic rings. The maximum atomic E-state index is 12.6. The number of benzene rings is 3. The first kappa shape index (κ1) is 25.7. The third kappa shape index (κ3) is 6.59. The zero-order valence-electron chi connectivity index (χ0n) is 18.7. The average Bonchev–Trinajstić information content (AvgIpc) is 2.84. The van der Waals surface area contributed by atoms with Gasteiger partial charge in [0.05, 0.1) is 12.0 Å². The molecule has 0 bridgehead atoms. The lowest BCUT2D eigenvalue weighted by molar-refractivity contribution is -0.384. The molecule has 3 aromatic carbocycles. The molecule has 0 fully saturated rings. The van der Waals surface area contributed by atoms with Crippen LogP contribution in [0.5, 0.6) is 11.5 Å². The van der Waals surface area contributed by atoms with Crippen molar-refractivity contribution in [3.05, 3.63) is 96.5 Å². The number of nitro benzene ring substituents is 1. The maximum Gasteiger partial charge on any atom is 0.269 e. The van der Waals surface area contributed by atoms with E-state index in [9.17, 15) is 20.2 Å². The van der Waals surface area contributed by atoms with E-state index in [1.54, 1.807) is 42.5 Å². The van der Waals surface area contributed by atoms with Gasteiger partial charge in [0.25, 0.3) is 11.6 Å². The van der Waals surface area contributed by atoms with Gasteiger partial charge in [-0.05, 0) is 54.0 Å². The lowest BCUT2D eigenvalue weighted by Crippen LogP contribution is -2.13. The molecule has 3 rings (SSSR count). The molecule has 1 amide bonds. The summed E-state index contributed by atoms with van der Waals surface area (Å²) < 4.78 is 11.8. The van der Waals surface area contributed by atoms with Gasteiger partial charge in [0, 0.05) is 27.3 Å². The highest BCUT2D eigenvalue weighted by Gasteiger charge is 2.15. The van der Waals surface area contributed by atoms with Gasteiger partial charge in [-0.1, -0.05) is 45.7 Å². The van der Waals surface area contributed by atoms with Crippen LogP contribution in [-0.2, 0) is 11.4 Å². The van der Waals surface area contributed by atoms with Crippen LogP contribution < -0.4 is 14.8 Å². The van der Waals surface area contributed by atoms with E-state index in [1.807, 2.05) is 13.0 Å². The summed E-state index contributed by atoms with van der Waals surface area (Å²) in [7, 11) is 1.45. The van der Waals surface area contributed by atoms with Crippen molar-refractivity contribution in [2.24, 2.45) is 0 Å². The number of aryl methyl sites for hydroxylation is 1. The molecule has 0 heterocycles. The molecule has 0 aliphatic heterocycles. The number of rotatable bonds is 8. The highest BCUT2D eigenvalue weighted by atomic mass is 79.9. The molecule has 35 heavy (non-hydrogen) atoms. The zero-order valence-corrected chi connectivity index (χ0v) is 21.0. The van der Waals surface area contributed by atoms with Gasteiger partial charge in [-0.3, -0.25) is 14.9 Å². The van der Waals surface area contributed by atoms with Gasteiger partial charge in [-0.2, -0.15) is 5.26 Å². The van der Waals surface area contributed by atoms with Crippen LogP contribution in [0.3, 0.4) is 0 Å². The zero-order chi connectivity index (χ0) is 25.5. The Hall–Kier alpha value is -3.87. The SMILES string of the molecule is COc1cc(/C=C(/C#N)C(=O)Nc2ccc(C)c(Cl)c2)c(Br)cc1OCc1cccc([N+](=O)[O-])c1. The molecule has 8 nitrogen and oxygen atoms in total. The van der Waals surface area contributed by atoms with Crippen molar-refractivity contribution in [2.45, 2.75) is 13.5 Å². The van der Waals surface area contributed by atoms with Crippen LogP contribution in [-0.4, -0.2) is 17.9 Å². The molecule has 10 heteroatoms. The number of ether oxygens (including phenoxy) is 2. The fourth-order valence-electron chi connectivity index (χ4n) is 3.03. The summed E-state index contributed by atoms with van der Waals surface area (Å²) in [5.74, 6) is 0.137. The first-order valence-corrected chi connectivity index (χ1v) is 11.3. The van der Waals surface area contributed by atoms with Crippen LogP contribution in [0, 0.1) is 28.4 Å². The van der Waals surface area contributed by atoms with E-state index in [0.717, 1.165) is 5.56 Å². The van der Waals surface area contributed by atoms with Crippen molar-refractivity contribution >= 4 is 50.9 Å². The number of nitro groups is 1. The Balaban J connectivity index is 1.82. The Morgan fingerprint density at radius 3 is 2.66 bits per heavy atom. The number of nitrogens with one attached hydrogen (secondary N) is 1. The van der Waals surface area contributed by atoms with Crippen LogP contribution in [0.1, 0.15) is 16.7 Å². The Bertz CT molecular complexity index is 1370. The number of carbonyl (C=O) groups excluding carboxylic acids is 1. The molecule has 0 atom stereocenters. The molecule has 0 saturated heterocycles. The number of hydrogen-bond acceptors (Lipinski definition) is 6. The number of methoxy groups -OCH3 is 1. The Labute approximate surface area is 215 Å². The second-order valence-electron chi connectivity index (χ2n) is 7.33. The Kier molecular flexibility index (Phi) is 8.47. The largest absolute Gasteiger partial charge is 0.493 e. The highest BCUT2D eigenvalue weighted by molar-refractivity contribution is 9.10. The van der Waals surface area contributed by atoms with E-state index < -0.39 is 10.8 Å². The fraction of sp³-hybridized carbons (Fsp3) is 0.120. The van der Waals surface area contributed by atoms with Crippen molar-refractivity contribution in [3.63, 3.8) is 0 Å². The lowest BCUT2D eigenvalue weighted by Gasteiger charge is -2.13. The van der Waals surface area contributed by atoms with Crippen LogP contribution >= 0.6 is 27.5 Å². The van der Waals surface area contributed by atoms with Crippen LogP contribution in [0.25, 0.3) is 6.08 Å². The normalized spacial score (nSPS) is 10.9. The number of anilines is 1. The first-order valence-electron chi connectivity index (χ1n) is 10.1. The minimum atomic E-state index is -0.593. The Morgan fingerprint density at radius 2 is 2.00 bits per heavy atom. The predicted octanol–water partition coefficient (Wildman–Crippen LogP) is 6.45. The smallest absolute Gasteiger partial charge is 0.269 e. The lowest BCUT2D eigenvalue weighted by atomic mass is 10.1. The van der Waals surface area contributed by atoms with Crippen molar-refractivity contribution in [2.75, 3.05) is 12.4 Å². The number of carbonyl (C=O) groups is 1. The van der Waals surface area contributed by atoms with Gasteiger partial charge in [-0.15, -0.1) is 0 Å². The first-order chi connectivity index (χ1) is 16.7. The van der Waals surface area contributed by atoms with Crippen LogP contribution in [0.4, 0.5) is 11.4 Å². The van der Waals surface area contributed by atoms with E-state index >= 15 is 0 Å². The number of amides is 1. The van der Waals surface area contributed by atoms with E-state index in [1.165, 1.54) is 25.3 Å². The number of halogens is 2. The predicted molar refractivity (Wildman–Crippen MR) is 137 cm³/mol. The van der Waals surface area contributed by atoms with Gasteiger partial charge >= 0.3 is 0 Å². The summed E-state index contributed by atoms with van der Waals surface area (Å²) in [5, 5.41) is 23.7. The standard InChI is InChI=1S/C25H19BrClN3O5/c1-15-6-7-19(11-22(15)27)29-25(31)18(13-28)9-17-10-23(34-2)24(12-21(17)26)35-14-16-4-3-5-20(8-16)30(32)33/h3-12H,14H2,1-2H3,(H,29,31)/b18-9-. The van der Waals surface area contributed by atoms with E-state index in [-0.39, 0.29) is 17.9 Å². The second-order valence-corrected chi connectivity index (χ2v) is 8.59. The molecule has 0 unspecified atom stereocenters. The summed E-state index contributed by atoms with van der Waals surface area (Å²) in [6, 6.07) is 16.3. The monoisotopic (exact) mass is 555 g/mol. The minimum absolute atomic E-state index is 0.0325.